The number of hydrogen-bond acceptors (Lipinski definition) is 3. The lowest BCUT2D eigenvalue weighted by atomic mass is 9.64. The van der Waals surface area contributed by atoms with E-state index in [-0.39, 0.29) is 0 Å². The molecule has 3 nitrogen and oxygen atoms in total. The molecule has 0 aliphatic heterocycles. The lowest BCUT2D eigenvalue weighted by molar-refractivity contribution is -0.0748. The molecule has 0 radical (unpaired) electrons. The van der Waals surface area contributed by atoms with Crippen LogP contribution in [0.15, 0.2) is 0 Å². The molecule has 0 aromatic heterocycles. The van der Waals surface area contributed by atoms with Gasteiger partial charge in [0.25, 0.3) is 0 Å². The van der Waals surface area contributed by atoms with Crippen LogP contribution in [0, 0.1) is 16.7 Å². The molecule has 0 spiro atoms. The Morgan fingerprint density at radius 1 is 1.40 bits per heavy atom. The highest BCUT2D eigenvalue weighted by atomic mass is 16.5. The number of nitriles is 1. The summed E-state index contributed by atoms with van der Waals surface area (Å²) < 4.78 is 4.99. The minimum absolute atomic E-state index is 0.510. The third kappa shape index (κ3) is 2.50. The van der Waals surface area contributed by atoms with Crippen LogP contribution >= 0.6 is 0 Å². The Hall–Kier alpha value is -0.590. The highest BCUT2D eigenvalue weighted by Gasteiger charge is 2.47. The Labute approximate surface area is 92.0 Å². The van der Waals surface area contributed by atoms with Crippen LogP contribution in [0.5, 0.6) is 0 Å². The predicted octanol–water partition coefficient (Wildman–Crippen LogP) is 2.25. The third-order valence-electron chi connectivity index (χ3n) is 3.75. The van der Waals surface area contributed by atoms with E-state index in [0.717, 1.165) is 25.7 Å². The number of nitrogens with zero attached hydrogens (tertiary/aromatic N) is 1. The molecule has 0 amide bonds. The quantitative estimate of drug-likeness (QED) is 0.776. The summed E-state index contributed by atoms with van der Waals surface area (Å²) in [6, 6.07) is 2.36. The number of methoxy groups -OCH3 is 1. The Morgan fingerprint density at radius 2 is 2.00 bits per heavy atom. The molecule has 15 heavy (non-hydrogen) atoms. The van der Waals surface area contributed by atoms with Crippen molar-refractivity contribution in [2.75, 3.05) is 13.7 Å². The van der Waals surface area contributed by atoms with Crippen LogP contribution in [0.4, 0.5) is 0 Å². The standard InChI is InChI=1S/C12H21NO2/c1-11(14,8-9-15-2)12(10-13)6-4-3-5-7-12/h14H,3-9H2,1-2H3. The molecule has 0 aromatic rings. The van der Waals surface area contributed by atoms with E-state index >= 15 is 0 Å². The summed E-state index contributed by atoms with van der Waals surface area (Å²) in [6.45, 7) is 2.29. The molecule has 1 aliphatic carbocycles. The van der Waals surface area contributed by atoms with E-state index < -0.39 is 11.0 Å². The molecule has 0 heterocycles. The van der Waals surface area contributed by atoms with Crippen molar-refractivity contribution in [1.29, 1.82) is 5.26 Å². The average molecular weight is 211 g/mol. The van der Waals surface area contributed by atoms with Gasteiger partial charge in [0.05, 0.1) is 17.1 Å². The van der Waals surface area contributed by atoms with Crippen LogP contribution in [0.1, 0.15) is 45.4 Å². The third-order valence-corrected chi connectivity index (χ3v) is 3.75. The van der Waals surface area contributed by atoms with Gasteiger partial charge in [0.15, 0.2) is 0 Å². The highest BCUT2D eigenvalue weighted by Crippen LogP contribution is 2.45. The van der Waals surface area contributed by atoms with Gasteiger partial charge in [0, 0.05) is 20.1 Å². The van der Waals surface area contributed by atoms with E-state index in [4.69, 9.17) is 4.74 Å². The summed E-state index contributed by atoms with van der Waals surface area (Å²) in [5.74, 6) is 0. The van der Waals surface area contributed by atoms with Gasteiger partial charge in [0.2, 0.25) is 0 Å². The summed E-state index contributed by atoms with van der Waals surface area (Å²) in [4.78, 5) is 0. The molecule has 1 fully saturated rings. The summed E-state index contributed by atoms with van der Waals surface area (Å²) >= 11 is 0. The first kappa shape index (κ1) is 12.5. The van der Waals surface area contributed by atoms with Crippen molar-refractivity contribution in [2.45, 2.75) is 51.0 Å². The SMILES string of the molecule is COCCC(C)(O)C1(C#N)CCCCC1. The fraction of sp³-hybridized carbons (Fsp3) is 0.917. The molecule has 3 heteroatoms. The molecular formula is C12H21NO2. The summed E-state index contributed by atoms with van der Waals surface area (Å²) in [5.41, 5.74) is -1.47. The average Bonchev–Trinajstić information content (AvgIpc) is 2.27. The van der Waals surface area contributed by atoms with E-state index in [9.17, 15) is 10.4 Å². The molecule has 1 aliphatic rings. The van der Waals surface area contributed by atoms with E-state index in [1.165, 1.54) is 6.42 Å². The molecule has 1 N–H and O–H groups in total. The molecule has 1 rings (SSSR count). The van der Waals surface area contributed by atoms with Gasteiger partial charge < -0.3 is 9.84 Å². The molecular weight excluding hydrogens is 190 g/mol. The van der Waals surface area contributed by atoms with Crippen molar-refractivity contribution in [1.82, 2.24) is 0 Å². The highest BCUT2D eigenvalue weighted by molar-refractivity contribution is 5.10. The first-order valence-electron chi connectivity index (χ1n) is 5.70. The maximum absolute atomic E-state index is 10.4. The van der Waals surface area contributed by atoms with Crippen molar-refractivity contribution < 1.29 is 9.84 Å². The van der Waals surface area contributed by atoms with Crippen LogP contribution in [0.2, 0.25) is 0 Å². The molecule has 0 aromatic carbocycles. The first-order valence-corrected chi connectivity index (χ1v) is 5.70. The largest absolute Gasteiger partial charge is 0.388 e. The maximum Gasteiger partial charge on any atom is 0.0858 e. The smallest absolute Gasteiger partial charge is 0.0858 e. The van der Waals surface area contributed by atoms with Crippen molar-refractivity contribution >= 4 is 0 Å². The number of aliphatic hydroxyl groups is 1. The molecule has 1 atom stereocenters. The Morgan fingerprint density at radius 3 is 2.47 bits per heavy atom. The Bertz CT molecular complexity index is 236. The lowest BCUT2D eigenvalue weighted by Crippen LogP contribution is -2.47. The van der Waals surface area contributed by atoms with Crippen LogP contribution in [-0.4, -0.2) is 24.4 Å². The molecule has 1 unspecified atom stereocenters. The summed E-state index contributed by atoms with van der Waals surface area (Å²) in [5, 5.41) is 19.7. The molecule has 1 saturated carbocycles. The van der Waals surface area contributed by atoms with Gasteiger partial charge in [0.1, 0.15) is 0 Å². The van der Waals surface area contributed by atoms with Gasteiger partial charge in [-0.15, -0.1) is 0 Å². The topological polar surface area (TPSA) is 53.2 Å². The van der Waals surface area contributed by atoms with Gasteiger partial charge in [-0.2, -0.15) is 5.26 Å². The maximum atomic E-state index is 10.4. The Kier molecular flexibility index (Phi) is 4.12. The van der Waals surface area contributed by atoms with Crippen LogP contribution in [0.25, 0.3) is 0 Å². The van der Waals surface area contributed by atoms with Crippen LogP contribution in [0.3, 0.4) is 0 Å². The second-order valence-corrected chi connectivity index (χ2v) is 4.77. The van der Waals surface area contributed by atoms with E-state index in [1.807, 2.05) is 0 Å². The van der Waals surface area contributed by atoms with Crippen molar-refractivity contribution in [3.05, 3.63) is 0 Å². The van der Waals surface area contributed by atoms with Crippen molar-refractivity contribution in [2.24, 2.45) is 5.41 Å². The van der Waals surface area contributed by atoms with E-state index in [1.54, 1.807) is 14.0 Å². The first-order chi connectivity index (χ1) is 7.08. The van der Waals surface area contributed by atoms with Gasteiger partial charge >= 0.3 is 0 Å². The summed E-state index contributed by atoms with van der Waals surface area (Å²) in [7, 11) is 1.62. The number of hydrogen-bond donors (Lipinski definition) is 1. The van der Waals surface area contributed by atoms with Crippen molar-refractivity contribution in [3.8, 4) is 6.07 Å². The minimum atomic E-state index is -0.918. The van der Waals surface area contributed by atoms with Crippen LogP contribution in [-0.2, 0) is 4.74 Å². The zero-order chi connectivity index (χ0) is 11.4. The second kappa shape index (κ2) is 4.96. The zero-order valence-corrected chi connectivity index (χ0v) is 9.75. The van der Waals surface area contributed by atoms with Crippen molar-refractivity contribution in [3.63, 3.8) is 0 Å². The molecule has 0 saturated heterocycles. The fourth-order valence-electron chi connectivity index (χ4n) is 2.47. The lowest BCUT2D eigenvalue weighted by Gasteiger charge is -2.42. The van der Waals surface area contributed by atoms with Gasteiger partial charge in [-0.3, -0.25) is 0 Å². The van der Waals surface area contributed by atoms with Gasteiger partial charge in [-0.1, -0.05) is 19.3 Å². The number of ether oxygens (including phenoxy) is 1. The van der Waals surface area contributed by atoms with E-state index in [2.05, 4.69) is 6.07 Å². The second-order valence-electron chi connectivity index (χ2n) is 4.77. The molecule has 0 bridgehead atoms. The minimum Gasteiger partial charge on any atom is -0.388 e. The monoisotopic (exact) mass is 211 g/mol. The zero-order valence-electron chi connectivity index (χ0n) is 9.75. The molecule has 86 valence electrons. The number of rotatable bonds is 4. The normalized spacial score (nSPS) is 24.1. The Balaban J connectivity index is 2.74. The predicted molar refractivity (Wildman–Crippen MR) is 58.2 cm³/mol. The summed E-state index contributed by atoms with van der Waals surface area (Å²) in [6.07, 6.45) is 5.47. The van der Waals surface area contributed by atoms with Gasteiger partial charge in [-0.05, 0) is 19.8 Å². The fourth-order valence-corrected chi connectivity index (χ4v) is 2.47. The van der Waals surface area contributed by atoms with Crippen LogP contribution < -0.4 is 0 Å². The van der Waals surface area contributed by atoms with Gasteiger partial charge in [-0.25, -0.2) is 0 Å². The van der Waals surface area contributed by atoms with E-state index in [0.29, 0.717) is 13.0 Å².